The standard InChI is InChI=1S/C20H25N3O3/c1-2-21(15-17-7-4-3-5-8-17)16-19(24)22-10-12-23(13-11-22)20(25)18-9-6-14-26-18/h3-9,14H,2,10-13,15-16H2,1H3. The van der Waals surface area contributed by atoms with E-state index in [9.17, 15) is 9.59 Å². The van der Waals surface area contributed by atoms with Crippen LogP contribution in [0.25, 0.3) is 0 Å². The maximum atomic E-state index is 12.6. The number of hydrogen-bond donors (Lipinski definition) is 0. The van der Waals surface area contributed by atoms with Gasteiger partial charge in [-0.15, -0.1) is 0 Å². The van der Waals surface area contributed by atoms with Gasteiger partial charge in [0.05, 0.1) is 12.8 Å². The lowest BCUT2D eigenvalue weighted by Crippen LogP contribution is -2.52. The molecule has 6 nitrogen and oxygen atoms in total. The largest absolute Gasteiger partial charge is 0.459 e. The molecule has 2 aromatic rings. The molecule has 0 atom stereocenters. The molecule has 0 saturated carbocycles. The molecule has 0 N–H and O–H groups in total. The smallest absolute Gasteiger partial charge is 0.289 e. The highest BCUT2D eigenvalue weighted by Crippen LogP contribution is 2.10. The van der Waals surface area contributed by atoms with Gasteiger partial charge >= 0.3 is 0 Å². The number of rotatable bonds is 6. The number of benzene rings is 1. The van der Waals surface area contributed by atoms with Crippen molar-refractivity contribution >= 4 is 11.8 Å². The molecule has 1 aliphatic heterocycles. The van der Waals surface area contributed by atoms with Gasteiger partial charge in [-0.3, -0.25) is 14.5 Å². The number of likely N-dealkylation sites (N-methyl/N-ethyl adjacent to an activating group) is 1. The lowest BCUT2D eigenvalue weighted by atomic mass is 10.2. The zero-order valence-electron chi connectivity index (χ0n) is 15.1. The summed E-state index contributed by atoms with van der Waals surface area (Å²) in [7, 11) is 0. The molecule has 0 unspecified atom stereocenters. The fourth-order valence-electron chi connectivity index (χ4n) is 3.13. The molecule has 1 fully saturated rings. The Bertz CT molecular complexity index is 707. The monoisotopic (exact) mass is 355 g/mol. The van der Waals surface area contributed by atoms with Crippen LogP contribution in [0.15, 0.2) is 53.1 Å². The van der Waals surface area contributed by atoms with Crippen molar-refractivity contribution in [3.8, 4) is 0 Å². The number of amides is 2. The number of carbonyl (C=O) groups is 2. The highest BCUT2D eigenvalue weighted by molar-refractivity contribution is 5.91. The first-order valence-electron chi connectivity index (χ1n) is 9.04. The number of furan rings is 1. The van der Waals surface area contributed by atoms with Crippen LogP contribution in [0.3, 0.4) is 0 Å². The molecule has 2 amide bonds. The van der Waals surface area contributed by atoms with Crippen molar-refractivity contribution in [3.05, 3.63) is 60.1 Å². The van der Waals surface area contributed by atoms with Gasteiger partial charge in [0.2, 0.25) is 5.91 Å². The van der Waals surface area contributed by atoms with Crippen molar-refractivity contribution in [2.75, 3.05) is 39.3 Å². The summed E-state index contributed by atoms with van der Waals surface area (Å²) in [6.45, 7) is 6.25. The van der Waals surface area contributed by atoms with Crippen molar-refractivity contribution in [2.45, 2.75) is 13.5 Å². The van der Waals surface area contributed by atoms with Crippen molar-refractivity contribution in [3.63, 3.8) is 0 Å². The summed E-state index contributed by atoms with van der Waals surface area (Å²) in [5.74, 6) is 0.360. The van der Waals surface area contributed by atoms with Gasteiger partial charge in [-0.25, -0.2) is 0 Å². The Morgan fingerprint density at radius 1 is 1.00 bits per heavy atom. The lowest BCUT2D eigenvalue weighted by Gasteiger charge is -2.35. The van der Waals surface area contributed by atoms with Crippen LogP contribution >= 0.6 is 0 Å². The van der Waals surface area contributed by atoms with Crippen LogP contribution in [-0.2, 0) is 11.3 Å². The van der Waals surface area contributed by atoms with Gasteiger partial charge in [-0.2, -0.15) is 0 Å². The number of nitrogens with zero attached hydrogens (tertiary/aromatic N) is 3. The van der Waals surface area contributed by atoms with Crippen molar-refractivity contribution in [1.29, 1.82) is 0 Å². The quantitative estimate of drug-likeness (QED) is 0.796. The zero-order valence-corrected chi connectivity index (χ0v) is 15.1. The second-order valence-electron chi connectivity index (χ2n) is 6.44. The molecule has 6 heteroatoms. The van der Waals surface area contributed by atoms with Crippen LogP contribution in [0.2, 0.25) is 0 Å². The van der Waals surface area contributed by atoms with E-state index < -0.39 is 0 Å². The molecule has 1 aliphatic rings. The van der Waals surface area contributed by atoms with Crippen LogP contribution in [0.4, 0.5) is 0 Å². The Kier molecular flexibility index (Phi) is 6.07. The van der Waals surface area contributed by atoms with Crippen molar-refractivity contribution in [1.82, 2.24) is 14.7 Å². The van der Waals surface area contributed by atoms with E-state index in [1.165, 1.54) is 11.8 Å². The van der Waals surface area contributed by atoms with Crippen molar-refractivity contribution in [2.24, 2.45) is 0 Å². The van der Waals surface area contributed by atoms with Crippen LogP contribution in [0.1, 0.15) is 23.0 Å². The van der Waals surface area contributed by atoms with Gasteiger partial charge in [0.25, 0.3) is 5.91 Å². The molecular formula is C20H25N3O3. The summed E-state index contributed by atoms with van der Waals surface area (Å²) < 4.78 is 5.17. The predicted molar refractivity (Wildman–Crippen MR) is 98.6 cm³/mol. The molecule has 2 heterocycles. The average Bonchev–Trinajstić information content (AvgIpc) is 3.22. The molecule has 1 aromatic carbocycles. The second kappa shape index (κ2) is 8.67. The highest BCUT2D eigenvalue weighted by Gasteiger charge is 2.26. The third-order valence-corrected chi connectivity index (χ3v) is 4.71. The first-order chi connectivity index (χ1) is 12.7. The van der Waals surface area contributed by atoms with Gasteiger partial charge in [-0.05, 0) is 24.2 Å². The number of piperazine rings is 1. The van der Waals surface area contributed by atoms with E-state index in [0.717, 1.165) is 13.1 Å². The SMILES string of the molecule is CCN(CC(=O)N1CCN(C(=O)c2ccco2)CC1)Cc1ccccc1. The summed E-state index contributed by atoms with van der Waals surface area (Å²) in [6, 6.07) is 13.6. The Labute approximate surface area is 154 Å². The molecule has 0 bridgehead atoms. The zero-order chi connectivity index (χ0) is 18.4. The van der Waals surface area contributed by atoms with E-state index >= 15 is 0 Å². The third-order valence-electron chi connectivity index (χ3n) is 4.71. The van der Waals surface area contributed by atoms with Gasteiger partial charge in [-0.1, -0.05) is 37.3 Å². The Morgan fingerprint density at radius 3 is 2.31 bits per heavy atom. The molecule has 3 rings (SSSR count). The van der Waals surface area contributed by atoms with Crippen LogP contribution < -0.4 is 0 Å². The minimum Gasteiger partial charge on any atom is -0.459 e. The van der Waals surface area contributed by atoms with Crippen molar-refractivity contribution < 1.29 is 14.0 Å². The second-order valence-corrected chi connectivity index (χ2v) is 6.44. The van der Waals surface area contributed by atoms with E-state index in [1.807, 2.05) is 23.1 Å². The molecule has 1 aromatic heterocycles. The minimum absolute atomic E-state index is 0.110. The van der Waals surface area contributed by atoms with Crippen LogP contribution in [-0.4, -0.2) is 65.8 Å². The first-order valence-corrected chi connectivity index (χ1v) is 9.04. The predicted octanol–water partition coefficient (Wildman–Crippen LogP) is 2.09. The highest BCUT2D eigenvalue weighted by atomic mass is 16.3. The maximum absolute atomic E-state index is 12.6. The van der Waals surface area contributed by atoms with Crippen LogP contribution in [0, 0.1) is 0 Å². The van der Waals surface area contributed by atoms with E-state index in [1.54, 1.807) is 17.0 Å². The normalized spacial score (nSPS) is 14.7. The number of carbonyl (C=O) groups excluding carboxylic acids is 2. The van der Waals surface area contributed by atoms with Gasteiger partial charge in [0, 0.05) is 32.7 Å². The Hall–Kier alpha value is -2.60. The molecule has 1 saturated heterocycles. The van der Waals surface area contributed by atoms with Crippen LogP contribution in [0.5, 0.6) is 0 Å². The van der Waals surface area contributed by atoms with E-state index in [4.69, 9.17) is 4.42 Å². The summed E-state index contributed by atoms with van der Waals surface area (Å²) in [5, 5.41) is 0. The van der Waals surface area contributed by atoms with E-state index in [-0.39, 0.29) is 11.8 Å². The van der Waals surface area contributed by atoms with Gasteiger partial charge in [0.1, 0.15) is 0 Å². The lowest BCUT2D eigenvalue weighted by molar-refractivity contribution is -0.134. The molecule has 0 aliphatic carbocycles. The molecule has 0 spiro atoms. The summed E-state index contributed by atoms with van der Waals surface area (Å²) in [6.07, 6.45) is 1.50. The molecular weight excluding hydrogens is 330 g/mol. The fourth-order valence-corrected chi connectivity index (χ4v) is 3.13. The van der Waals surface area contributed by atoms with Gasteiger partial charge < -0.3 is 14.2 Å². The summed E-state index contributed by atoms with van der Waals surface area (Å²) in [4.78, 5) is 30.6. The Morgan fingerprint density at radius 2 is 1.69 bits per heavy atom. The third kappa shape index (κ3) is 4.52. The average molecular weight is 355 g/mol. The fraction of sp³-hybridized carbons (Fsp3) is 0.400. The minimum atomic E-state index is -0.110. The Balaban J connectivity index is 1.49. The van der Waals surface area contributed by atoms with Gasteiger partial charge in [0.15, 0.2) is 5.76 Å². The molecule has 0 radical (unpaired) electrons. The number of hydrogen-bond acceptors (Lipinski definition) is 4. The summed E-state index contributed by atoms with van der Waals surface area (Å²) >= 11 is 0. The van der Waals surface area contributed by atoms with E-state index in [2.05, 4.69) is 24.0 Å². The molecule has 26 heavy (non-hydrogen) atoms. The topological polar surface area (TPSA) is 57.0 Å². The first kappa shape index (κ1) is 18.2. The summed E-state index contributed by atoms with van der Waals surface area (Å²) in [5.41, 5.74) is 1.20. The molecule has 138 valence electrons. The van der Waals surface area contributed by atoms with E-state index in [0.29, 0.717) is 38.5 Å². The maximum Gasteiger partial charge on any atom is 0.289 e.